The predicted molar refractivity (Wildman–Crippen MR) is 94.4 cm³/mol. The Labute approximate surface area is 136 Å². The van der Waals surface area contributed by atoms with E-state index < -0.39 is 0 Å². The molecule has 1 amide bonds. The SMILES string of the molecule is CCCc1cc(OC(=O)N(C)C)ccc1N(C)C.CI. The van der Waals surface area contributed by atoms with Gasteiger partial charge in [-0.05, 0) is 35.1 Å². The highest BCUT2D eigenvalue weighted by Crippen LogP contribution is 2.25. The molecule has 0 heterocycles. The van der Waals surface area contributed by atoms with Crippen LogP contribution in [0.3, 0.4) is 0 Å². The molecule has 4 nitrogen and oxygen atoms in total. The van der Waals surface area contributed by atoms with E-state index in [1.54, 1.807) is 14.1 Å². The van der Waals surface area contributed by atoms with E-state index in [1.165, 1.54) is 16.2 Å². The third kappa shape index (κ3) is 5.98. The summed E-state index contributed by atoms with van der Waals surface area (Å²) >= 11 is 2.15. The second-order valence-electron chi connectivity index (χ2n) is 4.70. The first kappa shape index (κ1) is 19.0. The van der Waals surface area contributed by atoms with Gasteiger partial charge in [-0.15, -0.1) is 0 Å². The number of halogens is 1. The van der Waals surface area contributed by atoms with Gasteiger partial charge in [0, 0.05) is 33.9 Å². The van der Waals surface area contributed by atoms with Crippen molar-refractivity contribution >= 4 is 34.4 Å². The average molecular weight is 392 g/mol. The quantitative estimate of drug-likeness (QED) is 0.577. The van der Waals surface area contributed by atoms with Gasteiger partial charge < -0.3 is 14.5 Å². The lowest BCUT2D eigenvalue weighted by Crippen LogP contribution is -2.25. The van der Waals surface area contributed by atoms with Crippen molar-refractivity contribution in [3.63, 3.8) is 0 Å². The van der Waals surface area contributed by atoms with Crippen LogP contribution in [0, 0.1) is 0 Å². The molecule has 114 valence electrons. The number of benzene rings is 1. The summed E-state index contributed by atoms with van der Waals surface area (Å²) in [6.45, 7) is 2.14. The highest BCUT2D eigenvalue weighted by molar-refractivity contribution is 14.1. The summed E-state index contributed by atoms with van der Waals surface area (Å²) in [4.78, 5) is 17.0. The van der Waals surface area contributed by atoms with Gasteiger partial charge in [0.1, 0.15) is 5.75 Å². The maximum atomic E-state index is 11.5. The van der Waals surface area contributed by atoms with Crippen LogP contribution in [0.25, 0.3) is 0 Å². The van der Waals surface area contributed by atoms with Gasteiger partial charge in [0.2, 0.25) is 0 Å². The van der Waals surface area contributed by atoms with Gasteiger partial charge in [-0.3, -0.25) is 0 Å². The molecule has 5 heteroatoms. The van der Waals surface area contributed by atoms with Crippen LogP contribution < -0.4 is 9.64 Å². The van der Waals surface area contributed by atoms with Gasteiger partial charge in [0.25, 0.3) is 0 Å². The second kappa shape index (κ2) is 9.85. The maximum absolute atomic E-state index is 11.5. The van der Waals surface area contributed by atoms with Gasteiger partial charge in [-0.1, -0.05) is 35.9 Å². The summed E-state index contributed by atoms with van der Waals surface area (Å²) in [6, 6.07) is 5.76. The molecule has 1 aromatic rings. The standard InChI is InChI=1S/C14H22N2O2.CH3I/c1-6-7-11-10-12(18-14(17)16(4)5)8-9-13(11)15(2)3;1-2/h8-10H,6-7H2,1-5H3;1H3. The van der Waals surface area contributed by atoms with Crippen molar-refractivity contribution in [2.75, 3.05) is 38.0 Å². The molecule has 0 aliphatic heterocycles. The zero-order valence-electron chi connectivity index (χ0n) is 13.2. The van der Waals surface area contributed by atoms with Crippen LogP contribution in [0.15, 0.2) is 18.2 Å². The van der Waals surface area contributed by atoms with Crippen molar-refractivity contribution in [1.29, 1.82) is 0 Å². The number of amides is 1. The van der Waals surface area contributed by atoms with Crippen LogP contribution in [-0.2, 0) is 6.42 Å². The van der Waals surface area contributed by atoms with Crippen molar-refractivity contribution in [3.05, 3.63) is 23.8 Å². The van der Waals surface area contributed by atoms with Crippen molar-refractivity contribution in [2.24, 2.45) is 0 Å². The monoisotopic (exact) mass is 392 g/mol. The minimum atomic E-state index is -0.352. The van der Waals surface area contributed by atoms with Gasteiger partial charge in [0.05, 0.1) is 0 Å². The molecule has 0 saturated carbocycles. The summed E-state index contributed by atoms with van der Waals surface area (Å²) in [5, 5.41) is 0. The molecule has 1 aromatic carbocycles. The summed E-state index contributed by atoms with van der Waals surface area (Å²) in [5.74, 6) is 0.600. The molecule has 0 aliphatic rings. The Morgan fingerprint density at radius 3 is 2.25 bits per heavy atom. The largest absolute Gasteiger partial charge is 0.414 e. The molecule has 0 saturated heterocycles. The lowest BCUT2D eigenvalue weighted by Gasteiger charge is -2.18. The first-order valence-electron chi connectivity index (χ1n) is 6.53. The van der Waals surface area contributed by atoms with Gasteiger partial charge in [-0.2, -0.15) is 0 Å². The average Bonchev–Trinajstić information content (AvgIpc) is 2.41. The Bertz CT molecular complexity index is 420. The van der Waals surface area contributed by atoms with E-state index in [4.69, 9.17) is 4.74 Å². The topological polar surface area (TPSA) is 32.8 Å². The molecule has 0 bridgehead atoms. The maximum Gasteiger partial charge on any atom is 0.414 e. The lowest BCUT2D eigenvalue weighted by molar-refractivity contribution is 0.172. The van der Waals surface area contributed by atoms with Crippen molar-refractivity contribution < 1.29 is 9.53 Å². The molecule has 0 radical (unpaired) electrons. The molecule has 20 heavy (non-hydrogen) atoms. The lowest BCUT2D eigenvalue weighted by atomic mass is 10.1. The van der Waals surface area contributed by atoms with Gasteiger partial charge in [0.15, 0.2) is 0 Å². The van der Waals surface area contributed by atoms with E-state index in [-0.39, 0.29) is 6.09 Å². The number of alkyl halides is 1. The Morgan fingerprint density at radius 1 is 1.20 bits per heavy atom. The number of ether oxygens (including phenoxy) is 1. The Morgan fingerprint density at radius 2 is 1.80 bits per heavy atom. The highest BCUT2D eigenvalue weighted by atomic mass is 127. The molecule has 0 N–H and O–H groups in total. The molecule has 1 rings (SSSR count). The number of nitrogens with zero attached hydrogens (tertiary/aromatic N) is 2. The van der Waals surface area contributed by atoms with Crippen molar-refractivity contribution in [3.8, 4) is 5.75 Å². The van der Waals surface area contributed by atoms with Crippen molar-refractivity contribution in [2.45, 2.75) is 19.8 Å². The fourth-order valence-corrected chi connectivity index (χ4v) is 1.72. The molecule has 0 aromatic heterocycles. The van der Waals surface area contributed by atoms with Crippen LogP contribution in [0.4, 0.5) is 10.5 Å². The molecule has 0 fully saturated rings. The van der Waals surface area contributed by atoms with Gasteiger partial charge in [-0.25, -0.2) is 4.79 Å². The van der Waals surface area contributed by atoms with E-state index in [0.29, 0.717) is 5.75 Å². The second-order valence-corrected chi connectivity index (χ2v) is 4.70. The zero-order valence-corrected chi connectivity index (χ0v) is 15.4. The number of carbonyl (C=O) groups excluding carboxylic acids is 1. The Kier molecular flexibility index (Phi) is 9.37. The van der Waals surface area contributed by atoms with Crippen LogP contribution in [0.2, 0.25) is 0 Å². The summed E-state index contributed by atoms with van der Waals surface area (Å²) in [6.07, 6.45) is 1.68. The summed E-state index contributed by atoms with van der Waals surface area (Å²) < 4.78 is 5.27. The number of anilines is 1. The molecule has 0 spiro atoms. The number of aryl methyl sites for hydroxylation is 1. The smallest absolute Gasteiger partial charge is 0.410 e. The normalized spacial score (nSPS) is 9.35. The van der Waals surface area contributed by atoms with Gasteiger partial charge >= 0.3 is 6.09 Å². The van der Waals surface area contributed by atoms with Crippen LogP contribution >= 0.6 is 22.6 Å². The Hall–Kier alpha value is -0.980. The number of hydrogen-bond acceptors (Lipinski definition) is 3. The first-order chi connectivity index (χ1) is 9.45. The first-order valence-corrected chi connectivity index (χ1v) is 8.68. The highest BCUT2D eigenvalue weighted by Gasteiger charge is 2.10. The molecule has 0 atom stereocenters. The number of rotatable bonds is 4. The van der Waals surface area contributed by atoms with Crippen molar-refractivity contribution in [1.82, 2.24) is 4.90 Å². The van der Waals surface area contributed by atoms with E-state index in [2.05, 4.69) is 34.4 Å². The minimum Gasteiger partial charge on any atom is -0.410 e. The summed E-state index contributed by atoms with van der Waals surface area (Å²) in [5.41, 5.74) is 2.37. The zero-order chi connectivity index (χ0) is 15.7. The van der Waals surface area contributed by atoms with Crippen LogP contribution in [0.5, 0.6) is 5.75 Å². The fraction of sp³-hybridized carbons (Fsp3) is 0.533. The van der Waals surface area contributed by atoms with E-state index in [9.17, 15) is 4.79 Å². The van der Waals surface area contributed by atoms with E-state index in [0.717, 1.165) is 12.8 Å². The molecular weight excluding hydrogens is 367 g/mol. The third-order valence-corrected chi connectivity index (χ3v) is 2.62. The van der Waals surface area contributed by atoms with Crippen LogP contribution in [-0.4, -0.2) is 44.1 Å². The number of hydrogen-bond donors (Lipinski definition) is 0. The van der Waals surface area contributed by atoms with E-state index in [1.807, 2.05) is 37.2 Å². The minimum absolute atomic E-state index is 0.352. The Balaban J connectivity index is 0.00000172. The molecular formula is C15H25IN2O2. The fourth-order valence-electron chi connectivity index (χ4n) is 1.72. The molecule has 0 unspecified atom stereocenters. The number of carbonyl (C=O) groups is 1. The predicted octanol–water partition coefficient (Wildman–Crippen LogP) is 3.82. The van der Waals surface area contributed by atoms with Crippen LogP contribution in [0.1, 0.15) is 18.9 Å². The molecule has 0 aliphatic carbocycles. The van der Waals surface area contributed by atoms with E-state index >= 15 is 0 Å². The summed E-state index contributed by atoms with van der Waals surface area (Å²) in [7, 11) is 7.37. The third-order valence-electron chi connectivity index (χ3n) is 2.62.